The third-order valence-corrected chi connectivity index (χ3v) is 5.11. The van der Waals surface area contributed by atoms with Crippen molar-refractivity contribution in [2.75, 3.05) is 23.3 Å². The van der Waals surface area contributed by atoms with E-state index in [2.05, 4.69) is 29.4 Å². The fourth-order valence-corrected chi connectivity index (χ4v) is 3.35. The molecule has 5 nitrogen and oxygen atoms in total. The Kier molecular flexibility index (Phi) is 7.21. The molecule has 0 saturated heterocycles. The quantitative estimate of drug-likeness (QED) is 0.735. The van der Waals surface area contributed by atoms with Gasteiger partial charge in [0.1, 0.15) is 6.04 Å². The van der Waals surface area contributed by atoms with Gasteiger partial charge in [0, 0.05) is 24.5 Å². The van der Waals surface area contributed by atoms with Crippen LogP contribution in [0.1, 0.15) is 37.4 Å². The summed E-state index contributed by atoms with van der Waals surface area (Å²) >= 11 is 1.36. The second-order valence-electron chi connectivity index (χ2n) is 6.38. The predicted molar refractivity (Wildman–Crippen MR) is 109 cm³/mol. The largest absolute Gasteiger partial charge is 0.372 e. The number of hydrogen-bond donors (Lipinski definition) is 2. The molecular formula is C20H27N3O2S. The van der Waals surface area contributed by atoms with Gasteiger partial charge in [0.15, 0.2) is 0 Å². The standard InChI is InChI=1S/C20H27N3O2S/c1-5-23(6-2)16-11-9-15(10-12-16)21-20(25)18(14(3)4)22-19(24)17-8-7-13-26-17/h7-14,18H,5-6H2,1-4H3,(H,21,25)(H,22,24). The number of nitrogens with zero attached hydrogens (tertiary/aromatic N) is 1. The summed E-state index contributed by atoms with van der Waals surface area (Å²) in [6.45, 7) is 9.94. The van der Waals surface area contributed by atoms with Crippen molar-refractivity contribution in [1.29, 1.82) is 0 Å². The predicted octanol–water partition coefficient (Wildman–Crippen LogP) is 3.99. The number of carbonyl (C=O) groups excluding carboxylic acids is 2. The Bertz CT molecular complexity index is 707. The average Bonchev–Trinajstić information content (AvgIpc) is 3.16. The highest BCUT2D eigenvalue weighted by Crippen LogP contribution is 2.18. The van der Waals surface area contributed by atoms with E-state index in [1.165, 1.54) is 11.3 Å². The van der Waals surface area contributed by atoms with Crippen LogP contribution in [0, 0.1) is 5.92 Å². The van der Waals surface area contributed by atoms with Crippen LogP contribution in [0.15, 0.2) is 41.8 Å². The lowest BCUT2D eigenvalue weighted by Crippen LogP contribution is -2.46. The van der Waals surface area contributed by atoms with Crippen molar-refractivity contribution in [3.05, 3.63) is 46.7 Å². The molecule has 0 radical (unpaired) electrons. The molecule has 2 rings (SSSR count). The van der Waals surface area contributed by atoms with Crippen molar-refractivity contribution in [2.24, 2.45) is 5.92 Å². The highest BCUT2D eigenvalue weighted by Gasteiger charge is 2.25. The van der Waals surface area contributed by atoms with E-state index in [0.717, 1.165) is 24.5 Å². The Morgan fingerprint density at radius 2 is 1.73 bits per heavy atom. The molecule has 2 amide bonds. The molecule has 0 fully saturated rings. The highest BCUT2D eigenvalue weighted by molar-refractivity contribution is 7.12. The minimum atomic E-state index is -0.591. The number of carbonyl (C=O) groups is 2. The van der Waals surface area contributed by atoms with E-state index in [0.29, 0.717) is 4.88 Å². The molecule has 1 heterocycles. The molecule has 140 valence electrons. The first-order chi connectivity index (χ1) is 12.5. The lowest BCUT2D eigenvalue weighted by Gasteiger charge is -2.23. The van der Waals surface area contributed by atoms with Gasteiger partial charge in [0.25, 0.3) is 5.91 Å². The first-order valence-corrected chi connectivity index (χ1v) is 9.84. The molecule has 26 heavy (non-hydrogen) atoms. The summed E-state index contributed by atoms with van der Waals surface area (Å²) in [6.07, 6.45) is 0. The van der Waals surface area contributed by atoms with E-state index in [9.17, 15) is 9.59 Å². The van der Waals surface area contributed by atoms with Crippen LogP contribution in [0.2, 0.25) is 0 Å². The summed E-state index contributed by atoms with van der Waals surface area (Å²) in [5.74, 6) is -0.444. The maximum atomic E-state index is 12.7. The second kappa shape index (κ2) is 9.38. The van der Waals surface area contributed by atoms with E-state index in [1.807, 2.05) is 49.6 Å². The molecule has 1 aromatic carbocycles. The molecule has 1 unspecified atom stereocenters. The molecule has 2 N–H and O–H groups in total. The number of hydrogen-bond acceptors (Lipinski definition) is 4. The normalized spacial score (nSPS) is 11.9. The van der Waals surface area contributed by atoms with Crippen LogP contribution in [-0.4, -0.2) is 30.9 Å². The smallest absolute Gasteiger partial charge is 0.262 e. The third-order valence-electron chi connectivity index (χ3n) is 4.24. The number of amides is 2. The molecule has 1 atom stereocenters. The maximum absolute atomic E-state index is 12.7. The van der Waals surface area contributed by atoms with Gasteiger partial charge in [0.05, 0.1) is 4.88 Å². The molecule has 0 aliphatic heterocycles. The summed E-state index contributed by atoms with van der Waals surface area (Å²) < 4.78 is 0. The minimum absolute atomic E-state index is 0.0196. The summed E-state index contributed by atoms with van der Waals surface area (Å²) in [4.78, 5) is 27.8. The molecule has 0 aliphatic rings. The number of anilines is 2. The van der Waals surface area contributed by atoms with E-state index in [-0.39, 0.29) is 17.7 Å². The summed E-state index contributed by atoms with van der Waals surface area (Å²) in [7, 11) is 0. The Balaban J connectivity index is 2.04. The summed E-state index contributed by atoms with van der Waals surface area (Å²) in [5, 5.41) is 7.59. The van der Waals surface area contributed by atoms with Gasteiger partial charge >= 0.3 is 0 Å². The Hall–Kier alpha value is -2.34. The van der Waals surface area contributed by atoms with Crippen molar-refractivity contribution in [3.8, 4) is 0 Å². The Morgan fingerprint density at radius 3 is 2.23 bits per heavy atom. The van der Waals surface area contributed by atoms with Gasteiger partial charge in [-0.1, -0.05) is 19.9 Å². The van der Waals surface area contributed by atoms with Crippen molar-refractivity contribution >= 4 is 34.5 Å². The zero-order chi connectivity index (χ0) is 19.1. The minimum Gasteiger partial charge on any atom is -0.372 e. The van der Waals surface area contributed by atoms with Crippen LogP contribution in [-0.2, 0) is 4.79 Å². The van der Waals surface area contributed by atoms with Crippen LogP contribution < -0.4 is 15.5 Å². The van der Waals surface area contributed by atoms with Gasteiger partial charge in [-0.25, -0.2) is 0 Å². The monoisotopic (exact) mass is 373 g/mol. The topological polar surface area (TPSA) is 61.4 Å². The van der Waals surface area contributed by atoms with Gasteiger partial charge < -0.3 is 15.5 Å². The number of thiophene rings is 1. The van der Waals surface area contributed by atoms with Gasteiger partial charge in [0.2, 0.25) is 5.91 Å². The fraction of sp³-hybridized carbons (Fsp3) is 0.400. The van der Waals surface area contributed by atoms with E-state index < -0.39 is 6.04 Å². The SMILES string of the molecule is CCN(CC)c1ccc(NC(=O)C(NC(=O)c2cccs2)C(C)C)cc1. The average molecular weight is 374 g/mol. The van der Waals surface area contributed by atoms with Crippen molar-refractivity contribution in [1.82, 2.24) is 5.32 Å². The fourth-order valence-electron chi connectivity index (χ4n) is 2.72. The van der Waals surface area contributed by atoms with E-state index in [4.69, 9.17) is 0 Å². The molecule has 0 aliphatic carbocycles. The Labute approximate surface area is 159 Å². The number of benzene rings is 1. The van der Waals surface area contributed by atoms with E-state index >= 15 is 0 Å². The van der Waals surface area contributed by atoms with Crippen molar-refractivity contribution in [2.45, 2.75) is 33.7 Å². The van der Waals surface area contributed by atoms with E-state index in [1.54, 1.807) is 6.07 Å². The van der Waals surface area contributed by atoms with Crippen LogP contribution >= 0.6 is 11.3 Å². The summed E-state index contributed by atoms with van der Waals surface area (Å²) in [6, 6.07) is 10.8. The maximum Gasteiger partial charge on any atom is 0.262 e. The number of nitrogens with one attached hydrogen (secondary N) is 2. The van der Waals surface area contributed by atoms with Crippen LogP contribution in [0.5, 0.6) is 0 Å². The molecular weight excluding hydrogens is 346 g/mol. The lowest BCUT2D eigenvalue weighted by atomic mass is 10.0. The van der Waals surface area contributed by atoms with Crippen molar-refractivity contribution < 1.29 is 9.59 Å². The van der Waals surface area contributed by atoms with Crippen LogP contribution in [0.4, 0.5) is 11.4 Å². The first kappa shape index (κ1) is 20.0. The molecule has 0 spiro atoms. The van der Waals surface area contributed by atoms with Gasteiger partial charge in [-0.15, -0.1) is 11.3 Å². The third kappa shape index (κ3) is 5.08. The van der Waals surface area contributed by atoms with Gasteiger partial charge in [-0.2, -0.15) is 0 Å². The van der Waals surface area contributed by atoms with Crippen molar-refractivity contribution in [3.63, 3.8) is 0 Å². The Morgan fingerprint density at radius 1 is 1.08 bits per heavy atom. The second-order valence-corrected chi connectivity index (χ2v) is 7.33. The van der Waals surface area contributed by atoms with Gasteiger partial charge in [-0.05, 0) is 55.5 Å². The highest BCUT2D eigenvalue weighted by atomic mass is 32.1. The molecule has 1 aromatic heterocycles. The first-order valence-electron chi connectivity index (χ1n) is 8.96. The summed E-state index contributed by atoms with van der Waals surface area (Å²) in [5.41, 5.74) is 1.85. The zero-order valence-corrected chi connectivity index (χ0v) is 16.6. The molecule has 0 bridgehead atoms. The number of rotatable bonds is 8. The van der Waals surface area contributed by atoms with Gasteiger partial charge in [-0.3, -0.25) is 9.59 Å². The molecule has 6 heteroatoms. The lowest BCUT2D eigenvalue weighted by molar-refractivity contribution is -0.118. The van der Waals surface area contributed by atoms with Crippen LogP contribution in [0.3, 0.4) is 0 Å². The van der Waals surface area contributed by atoms with Crippen LogP contribution in [0.25, 0.3) is 0 Å². The molecule has 0 saturated carbocycles. The molecule has 2 aromatic rings. The zero-order valence-electron chi connectivity index (χ0n) is 15.8.